The molecule has 2 rings (SSSR count). The zero-order valence-corrected chi connectivity index (χ0v) is 19.3. The standard InChI is InChI=1S/C24H32BrNO3/c1-4-5-6-15-28-21-12-10-20(11-13-21)26-24(27)8-7-16-29-23-14-9-19(18(2)3)17-22(23)25/h9-14,17-18H,4-8,15-16H2,1-3H3,(H,26,27). The van der Waals surface area contributed by atoms with Crippen molar-refractivity contribution < 1.29 is 14.3 Å². The highest BCUT2D eigenvalue weighted by atomic mass is 79.9. The van der Waals surface area contributed by atoms with E-state index in [2.05, 4.69) is 54.2 Å². The van der Waals surface area contributed by atoms with Crippen molar-refractivity contribution in [2.45, 2.75) is 58.8 Å². The first-order valence-electron chi connectivity index (χ1n) is 10.4. The quantitative estimate of drug-likeness (QED) is 0.348. The van der Waals surface area contributed by atoms with Crippen molar-refractivity contribution in [3.05, 3.63) is 52.5 Å². The van der Waals surface area contributed by atoms with Gasteiger partial charge in [-0.25, -0.2) is 0 Å². The van der Waals surface area contributed by atoms with Crippen LogP contribution in [0, 0.1) is 0 Å². The lowest BCUT2D eigenvalue weighted by molar-refractivity contribution is -0.116. The molecule has 0 saturated carbocycles. The van der Waals surface area contributed by atoms with Crippen molar-refractivity contribution in [3.8, 4) is 11.5 Å². The number of amides is 1. The highest BCUT2D eigenvalue weighted by Crippen LogP contribution is 2.29. The molecule has 0 aliphatic carbocycles. The summed E-state index contributed by atoms with van der Waals surface area (Å²) in [5, 5.41) is 2.92. The number of carbonyl (C=O) groups excluding carboxylic acids is 1. The van der Waals surface area contributed by atoms with Gasteiger partial charge in [-0.15, -0.1) is 0 Å². The van der Waals surface area contributed by atoms with Crippen LogP contribution in [-0.4, -0.2) is 19.1 Å². The Hall–Kier alpha value is -2.01. The number of carbonyl (C=O) groups is 1. The SMILES string of the molecule is CCCCCOc1ccc(NC(=O)CCCOc2ccc(C(C)C)cc2Br)cc1. The molecule has 158 valence electrons. The average molecular weight is 462 g/mol. The number of rotatable bonds is 12. The van der Waals surface area contributed by atoms with E-state index < -0.39 is 0 Å². The summed E-state index contributed by atoms with van der Waals surface area (Å²) in [5.41, 5.74) is 2.05. The Kier molecular flexibility index (Phi) is 10.1. The van der Waals surface area contributed by atoms with Crippen molar-refractivity contribution in [2.24, 2.45) is 0 Å². The van der Waals surface area contributed by atoms with Gasteiger partial charge < -0.3 is 14.8 Å². The van der Waals surface area contributed by atoms with E-state index in [-0.39, 0.29) is 5.91 Å². The van der Waals surface area contributed by atoms with Gasteiger partial charge in [-0.2, -0.15) is 0 Å². The zero-order valence-electron chi connectivity index (χ0n) is 17.7. The van der Waals surface area contributed by atoms with Crippen molar-refractivity contribution in [1.29, 1.82) is 0 Å². The van der Waals surface area contributed by atoms with Gasteiger partial charge in [0.15, 0.2) is 0 Å². The molecule has 2 aromatic rings. The second-order valence-electron chi connectivity index (χ2n) is 7.42. The Morgan fingerprint density at radius 2 is 1.72 bits per heavy atom. The lowest BCUT2D eigenvalue weighted by atomic mass is 10.0. The van der Waals surface area contributed by atoms with Gasteiger partial charge in [0, 0.05) is 12.1 Å². The van der Waals surface area contributed by atoms with Crippen LogP contribution in [0.1, 0.15) is 64.4 Å². The van der Waals surface area contributed by atoms with Crippen LogP contribution in [0.5, 0.6) is 11.5 Å². The molecule has 5 heteroatoms. The molecule has 0 atom stereocenters. The van der Waals surface area contributed by atoms with E-state index in [4.69, 9.17) is 9.47 Å². The third kappa shape index (κ3) is 8.48. The predicted octanol–water partition coefficient (Wildman–Crippen LogP) is 6.94. The molecule has 4 nitrogen and oxygen atoms in total. The largest absolute Gasteiger partial charge is 0.494 e. The number of hydrogen-bond acceptors (Lipinski definition) is 3. The number of nitrogens with one attached hydrogen (secondary N) is 1. The van der Waals surface area contributed by atoms with E-state index in [0.29, 0.717) is 25.4 Å². The van der Waals surface area contributed by atoms with Gasteiger partial charge in [0.1, 0.15) is 11.5 Å². The first-order chi connectivity index (χ1) is 14.0. The van der Waals surface area contributed by atoms with Crippen LogP contribution in [0.4, 0.5) is 5.69 Å². The molecule has 0 radical (unpaired) electrons. The Balaban J connectivity index is 1.68. The molecule has 29 heavy (non-hydrogen) atoms. The molecule has 1 amide bonds. The Morgan fingerprint density at radius 1 is 1.00 bits per heavy atom. The van der Waals surface area contributed by atoms with Gasteiger partial charge in [0.05, 0.1) is 17.7 Å². The number of hydrogen-bond donors (Lipinski definition) is 1. The summed E-state index contributed by atoms with van der Waals surface area (Å²) in [6.45, 7) is 7.73. The van der Waals surface area contributed by atoms with Crippen LogP contribution >= 0.6 is 15.9 Å². The minimum Gasteiger partial charge on any atom is -0.494 e. The normalized spacial score (nSPS) is 10.8. The molecule has 0 aliphatic heterocycles. The van der Waals surface area contributed by atoms with Crippen molar-refractivity contribution in [3.63, 3.8) is 0 Å². The van der Waals surface area contributed by atoms with E-state index in [0.717, 1.165) is 34.7 Å². The molecule has 2 aromatic carbocycles. The van der Waals surface area contributed by atoms with E-state index >= 15 is 0 Å². The van der Waals surface area contributed by atoms with Crippen LogP contribution < -0.4 is 14.8 Å². The molecule has 1 N–H and O–H groups in total. The van der Waals surface area contributed by atoms with E-state index in [1.165, 1.54) is 18.4 Å². The van der Waals surface area contributed by atoms with Gasteiger partial charge in [-0.3, -0.25) is 4.79 Å². The predicted molar refractivity (Wildman–Crippen MR) is 123 cm³/mol. The molecule has 0 aliphatic rings. The molecule has 0 spiro atoms. The number of halogens is 1. The molecular weight excluding hydrogens is 430 g/mol. The van der Waals surface area contributed by atoms with Crippen molar-refractivity contribution in [2.75, 3.05) is 18.5 Å². The highest BCUT2D eigenvalue weighted by molar-refractivity contribution is 9.10. The first kappa shape index (κ1) is 23.3. The molecule has 0 unspecified atom stereocenters. The molecule has 0 aromatic heterocycles. The summed E-state index contributed by atoms with van der Waals surface area (Å²) in [7, 11) is 0. The lowest BCUT2D eigenvalue weighted by Crippen LogP contribution is -2.12. The second kappa shape index (κ2) is 12.5. The van der Waals surface area contributed by atoms with Crippen LogP contribution in [0.25, 0.3) is 0 Å². The number of ether oxygens (including phenoxy) is 2. The van der Waals surface area contributed by atoms with Crippen LogP contribution in [0.3, 0.4) is 0 Å². The Labute approximate surface area is 183 Å². The van der Waals surface area contributed by atoms with E-state index in [1.54, 1.807) is 0 Å². The van der Waals surface area contributed by atoms with Crippen molar-refractivity contribution >= 4 is 27.5 Å². The van der Waals surface area contributed by atoms with Gasteiger partial charge in [0.25, 0.3) is 0 Å². The van der Waals surface area contributed by atoms with Gasteiger partial charge in [-0.1, -0.05) is 39.7 Å². The molecule has 0 fully saturated rings. The van der Waals surface area contributed by atoms with Gasteiger partial charge in [0.2, 0.25) is 5.91 Å². The maximum absolute atomic E-state index is 12.1. The first-order valence-corrected chi connectivity index (χ1v) is 11.2. The number of unbranched alkanes of at least 4 members (excludes halogenated alkanes) is 2. The summed E-state index contributed by atoms with van der Waals surface area (Å²) < 4.78 is 12.4. The molecule has 0 heterocycles. The highest BCUT2D eigenvalue weighted by Gasteiger charge is 2.07. The Morgan fingerprint density at radius 3 is 2.38 bits per heavy atom. The van der Waals surface area contributed by atoms with Crippen LogP contribution in [0.2, 0.25) is 0 Å². The second-order valence-corrected chi connectivity index (χ2v) is 8.28. The molecular formula is C24H32BrNO3. The van der Waals surface area contributed by atoms with E-state index in [9.17, 15) is 4.79 Å². The minimum absolute atomic E-state index is 0.0144. The fourth-order valence-corrected chi connectivity index (χ4v) is 3.32. The lowest BCUT2D eigenvalue weighted by Gasteiger charge is -2.11. The minimum atomic E-state index is -0.0144. The van der Waals surface area contributed by atoms with Gasteiger partial charge >= 0.3 is 0 Å². The fraction of sp³-hybridized carbons (Fsp3) is 0.458. The van der Waals surface area contributed by atoms with Crippen molar-refractivity contribution in [1.82, 2.24) is 0 Å². The van der Waals surface area contributed by atoms with Crippen LogP contribution in [0.15, 0.2) is 46.9 Å². The topological polar surface area (TPSA) is 47.6 Å². The molecule has 0 bridgehead atoms. The number of anilines is 1. The summed E-state index contributed by atoms with van der Waals surface area (Å²) in [6, 6.07) is 13.7. The zero-order chi connectivity index (χ0) is 21.1. The maximum Gasteiger partial charge on any atom is 0.224 e. The fourth-order valence-electron chi connectivity index (χ4n) is 2.81. The summed E-state index contributed by atoms with van der Waals surface area (Å²) in [5.74, 6) is 2.11. The smallest absolute Gasteiger partial charge is 0.224 e. The summed E-state index contributed by atoms with van der Waals surface area (Å²) >= 11 is 3.56. The monoisotopic (exact) mass is 461 g/mol. The summed E-state index contributed by atoms with van der Waals surface area (Å²) in [4.78, 5) is 12.1. The van der Waals surface area contributed by atoms with Gasteiger partial charge in [-0.05, 0) is 76.7 Å². The van der Waals surface area contributed by atoms with Crippen LogP contribution in [-0.2, 0) is 4.79 Å². The molecule has 0 saturated heterocycles. The third-order valence-electron chi connectivity index (χ3n) is 4.58. The third-order valence-corrected chi connectivity index (χ3v) is 5.20. The Bertz CT molecular complexity index is 759. The maximum atomic E-state index is 12.1. The summed E-state index contributed by atoms with van der Waals surface area (Å²) in [6.07, 6.45) is 4.49. The van der Waals surface area contributed by atoms with E-state index in [1.807, 2.05) is 30.3 Å². The number of benzene rings is 2. The average Bonchev–Trinajstić information content (AvgIpc) is 2.70.